The van der Waals surface area contributed by atoms with Crippen molar-refractivity contribution >= 4 is 34.6 Å². The standard InChI is InChI=1S/C25H25N3O3S/c1-5-27-24(30)23(32-25(27)26-19-6-12-22(31-4)13-7-19)15-18-14-16(2)28(17(18)3)20-8-10-21(29)11-9-20/h6-15,29H,5H2,1-4H3/b23-15+,26-25?. The number of likely N-dealkylation sites (N-methyl/N-ethyl adjacent to an activating group) is 1. The van der Waals surface area contributed by atoms with E-state index in [0.29, 0.717) is 16.6 Å². The third-order valence-corrected chi connectivity index (χ3v) is 6.37. The average Bonchev–Trinajstić information content (AvgIpc) is 3.24. The van der Waals surface area contributed by atoms with Crippen LogP contribution in [0.5, 0.6) is 11.5 Å². The Bertz CT molecular complexity index is 1210. The van der Waals surface area contributed by atoms with Crippen LogP contribution in [0.1, 0.15) is 23.9 Å². The summed E-state index contributed by atoms with van der Waals surface area (Å²) in [6, 6.07) is 16.6. The number of aliphatic imine (C=N–C) groups is 1. The SMILES string of the molecule is CCN1C(=O)/C(=C\c2cc(C)n(-c3ccc(O)cc3)c2C)SC1=Nc1ccc(OC)cc1. The molecule has 0 unspecified atom stereocenters. The fourth-order valence-corrected chi connectivity index (χ4v) is 4.76. The van der Waals surface area contributed by atoms with Crippen LogP contribution in [0.2, 0.25) is 0 Å². The molecule has 0 aliphatic carbocycles. The molecule has 0 saturated carbocycles. The molecule has 1 amide bonds. The lowest BCUT2D eigenvalue weighted by Gasteiger charge is -2.12. The van der Waals surface area contributed by atoms with Crippen molar-refractivity contribution in [2.24, 2.45) is 4.99 Å². The second-order valence-corrected chi connectivity index (χ2v) is 8.44. The van der Waals surface area contributed by atoms with Crippen molar-refractivity contribution in [3.63, 3.8) is 0 Å². The Morgan fingerprint density at radius 2 is 1.78 bits per heavy atom. The summed E-state index contributed by atoms with van der Waals surface area (Å²) in [5.74, 6) is 0.954. The summed E-state index contributed by atoms with van der Waals surface area (Å²) >= 11 is 1.39. The number of phenols is 1. The number of methoxy groups -OCH3 is 1. The highest BCUT2D eigenvalue weighted by Gasteiger charge is 2.32. The molecular formula is C25H25N3O3S. The van der Waals surface area contributed by atoms with Gasteiger partial charge in [-0.2, -0.15) is 0 Å². The lowest BCUT2D eigenvalue weighted by molar-refractivity contribution is -0.122. The monoisotopic (exact) mass is 447 g/mol. The van der Waals surface area contributed by atoms with E-state index in [2.05, 4.69) is 15.6 Å². The number of amides is 1. The highest BCUT2D eigenvalue weighted by molar-refractivity contribution is 8.18. The van der Waals surface area contributed by atoms with Gasteiger partial charge in [0, 0.05) is 23.6 Å². The Labute approximate surface area is 191 Å². The molecule has 0 bridgehead atoms. The third-order valence-electron chi connectivity index (χ3n) is 5.37. The molecule has 1 fully saturated rings. The van der Waals surface area contributed by atoms with Gasteiger partial charge in [0.2, 0.25) is 0 Å². The molecule has 164 valence electrons. The van der Waals surface area contributed by atoms with Gasteiger partial charge in [-0.05, 0) is 98.8 Å². The summed E-state index contributed by atoms with van der Waals surface area (Å²) in [6.07, 6.45) is 1.94. The molecule has 2 heterocycles. The van der Waals surface area contributed by atoms with Gasteiger partial charge in [0.05, 0.1) is 17.7 Å². The number of phenolic OH excluding ortho intramolecular Hbond substituents is 1. The molecule has 2 aromatic carbocycles. The van der Waals surface area contributed by atoms with Crippen LogP contribution in [-0.4, -0.2) is 39.3 Å². The molecule has 1 aromatic heterocycles. The second kappa shape index (κ2) is 8.96. The van der Waals surface area contributed by atoms with E-state index in [9.17, 15) is 9.90 Å². The molecule has 0 spiro atoms. The van der Waals surface area contributed by atoms with Crippen molar-refractivity contribution in [3.05, 3.63) is 76.5 Å². The Hall–Kier alpha value is -3.45. The Balaban J connectivity index is 1.67. The smallest absolute Gasteiger partial charge is 0.266 e. The number of amidine groups is 1. The minimum Gasteiger partial charge on any atom is -0.508 e. The number of thioether (sulfide) groups is 1. The van der Waals surface area contributed by atoms with Crippen molar-refractivity contribution < 1.29 is 14.6 Å². The van der Waals surface area contributed by atoms with Gasteiger partial charge in [-0.1, -0.05) is 0 Å². The number of aromatic hydroxyl groups is 1. The number of ether oxygens (including phenoxy) is 1. The first-order valence-corrected chi connectivity index (χ1v) is 11.2. The predicted octanol–water partition coefficient (Wildman–Crippen LogP) is 5.43. The molecule has 1 saturated heterocycles. The zero-order chi connectivity index (χ0) is 22.8. The number of aryl methyl sites for hydroxylation is 1. The minimum absolute atomic E-state index is 0.0424. The Morgan fingerprint density at radius 3 is 2.41 bits per heavy atom. The van der Waals surface area contributed by atoms with E-state index in [1.54, 1.807) is 24.1 Å². The molecule has 32 heavy (non-hydrogen) atoms. The van der Waals surface area contributed by atoms with Crippen LogP contribution in [0.25, 0.3) is 11.8 Å². The second-order valence-electron chi connectivity index (χ2n) is 7.43. The van der Waals surface area contributed by atoms with Gasteiger partial charge in [-0.25, -0.2) is 4.99 Å². The molecule has 6 nitrogen and oxygen atoms in total. The quantitative estimate of drug-likeness (QED) is 0.530. The first kappa shape index (κ1) is 21.8. The fourth-order valence-electron chi connectivity index (χ4n) is 3.71. The largest absolute Gasteiger partial charge is 0.508 e. The summed E-state index contributed by atoms with van der Waals surface area (Å²) < 4.78 is 7.31. The number of hydrogen-bond acceptors (Lipinski definition) is 5. The summed E-state index contributed by atoms with van der Waals surface area (Å²) in [7, 11) is 1.63. The maximum absolute atomic E-state index is 13.1. The third kappa shape index (κ3) is 4.16. The first-order valence-electron chi connectivity index (χ1n) is 10.3. The molecule has 3 aromatic rings. The molecular weight excluding hydrogens is 422 g/mol. The van der Waals surface area contributed by atoms with E-state index in [0.717, 1.165) is 34.1 Å². The highest BCUT2D eigenvalue weighted by atomic mass is 32.2. The van der Waals surface area contributed by atoms with Crippen LogP contribution in [0, 0.1) is 13.8 Å². The lowest BCUT2D eigenvalue weighted by atomic mass is 10.2. The fraction of sp³-hybridized carbons (Fsp3) is 0.200. The molecule has 0 radical (unpaired) electrons. The zero-order valence-corrected chi connectivity index (χ0v) is 19.3. The lowest BCUT2D eigenvalue weighted by Crippen LogP contribution is -2.28. The van der Waals surface area contributed by atoms with Crippen LogP contribution >= 0.6 is 11.8 Å². The highest BCUT2D eigenvalue weighted by Crippen LogP contribution is 2.35. The summed E-state index contributed by atoms with van der Waals surface area (Å²) in [5.41, 5.74) is 4.79. The predicted molar refractivity (Wildman–Crippen MR) is 130 cm³/mol. The first-order chi connectivity index (χ1) is 15.4. The molecule has 4 rings (SSSR count). The molecule has 1 aliphatic heterocycles. The summed E-state index contributed by atoms with van der Waals surface area (Å²) in [5, 5.41) is 10.3. The minimum atomic E-state index is -0.0424. The molecule has 7 heteroatoms. The number of carbonyl (C=O) groups is 1. The maximum atomic E-state index is 13.1. The number of carbonyl (C=O) groups excluding carboxylic acids is 1. The zero-order valence-electron chi connectivity index (χ0n) is 18.5. The van der Waals surface area contributed by atoms with Crippen molar-refractivity contribution in [2.45, 2.75) is 20.8 Å². The van der Waals surface area contributed by atoms with Crippen LogP contribution in [-0.2, 0) is 4.79 Å². The van der Waals surface area contributed by atoms with Crippen LogP contribution in [0.4, 0.5) is 5.69 Å². The molecule has 1 aliphatic rings. The van der Waals surface area contributed by atoms with E-state index >= 15 is 0 Å². The van der Waals surface area contributed by atoms with Crippen molar-refractivity contribution in [1.29, 1.82) is 0 Å². The van der Waals surface area contributed by atoms with Gasteiger partial charge < -0.3 is 14.4 Å². The van der Waals surface area contributed by atoms with E-state index in [4.69, 9.17) is 4.74 Å². The van der Waals surface area contributed by atoms with Crippen LogP contribution < -0.4 is 4.74 Å². The number of benzene rings is 2. The van der Waals surface area contributed by atoms with E-state index in [1.165, 1.54) is 11.8 Å². The van der Waals surface area contributed by atoms with E-state index < -0.39 is 0 Å². The molecule has 1 N–H and O–H groups in total. The number of aromatic nitrogens is 1. The average molecular weight is 448 g/mol. The van der Waals surface area contributed by atoms with E-state index in [-0.39, 0.29) is 11.7 Å². The Kier molecular flexibility index (Phi) is 6.10. The maximum Gasteiger partial charge on any atom is 0.266 e. The van der Waals surface area contributed by atoms with Gasteiger partial charge in [0.25, 0.3) is 5.91 Å². The number of rotatable bonds is 5. The Morgan fingerprint density at radius 1 is 1.09 bits per heavy atom. The normalized spacial score (nSPS) is 16.4. The topological polar surface area (TPSA) is 67.1 Å². The van der Waals surface area contributed by atoms with Crippen molar-refractivity contribution in [1.82, 2.24) is 9.47 Å². The summed E-state index contributed by atoms with van der Waals surface area (Å²) in [4.78, 5) is 20.1. The van der Waals surface area contributed by atoms with Gasteiger partial charge in [0.1, 0.15) is 11.5 Å². The molecule has 0 atom stereocenters. The van der Waals surface area contributed by atoms with Gasteiger partial charge in [-0.15, -0.1) is 0 Å². The van der Waals surface area contributed by atoms with E-state index in [1.807, 2.05) is 63.2 Å². The number of nitrogens with zero attached hydrogens (tertiary/aromatic N) is 3. The summed E-state index contributed by atoms with van der Waals surface area (Å²) in [6.45, 7) is 6.55. The van der Waals surface area contributed by atoms with Crippen LogP contribution in [0.3, 0.4) is 0 Å². The van der Waals surface area contributed by atoms with Crippen molar-refractivity contribution in [3.8, 4) is 17.2 Å². The van der Waals surface area contributed by atoms with Crippen LogP contribution in [0.15, 0.2) is 64.5 Å². The van der Waals surface area contributed by atoms with Crippen molar-refractivity contribution in [2.75, 3.05) is 13.7 Å². The number of hydrogen-bond donors (Lipinski definition) is 1. The van der Waals surface area contributed by atoms with Gasteiger partial charge >= 0.3 is 0 Å². The van der Waals surface area contributed by atoms with Gasteiger partial charge in [0.15, 0.2) is 5.17 Å². The van der Waals surface area contributed by atoms with Gasteiger partial charge in [-0.3, -0.25) is 9.69 Å².